The number of allylic oxidation sites excluding steroid dienone is 4. The van der Waals surface area contributed by atoms with Crippen molar-refractivity contribution in [1.29, 1.82) is 0 Å². The monoisotopic (exact) mass is 566 g/mol. The highest BCUT2D eigenvalue weighted by atomic mass is 19.4. The molecule has 0 N–H and O–H groups in total. The molecule has 1 aliphatic carbocycles. The molecule has 2 fully saturated rings. The summed E-state index contributed by atoms with van der Waals surface area (Å²) < 4.78 is 39.9. The molecule has 220 valence electrons. The first-order valence-corrected chi connectivity index (χ1v) is 14.8. The first-order valence-electron chi connectivity index (χ1n) is 14.8. The minimum absolute atomic E-state index is 0.0169. The van der Waals surface area contributed by atoms with Gasteiger partial charge in [-0.15, -0.1) is 0 Å². The average molecular weight is 567 g/mol. The molecular weight excluding hydrogens is 525 g/mol. The standard InChI is InChI=1S/C33H41F3N4O/c1-22-7-5-6-8-28(22)30(25-9-11-27(12-10-25)33(34,35)36)26-13-17-40(18-14-26)32(4)15-19-39(20-16-32)31(41)29-23(2)37-21-38-24(29)3/h5-6,8-12,21-22,26,30H,7,13-20H2,1-4H3. The third-order valence-electron chi connectivity index (χ3n) is 9.78. The van der Waals surface area contributed by atoms with Crippen LogP contribution in [0.4, 0.5) is 13.2 Å². The molecule has 3 aliphatic rings. The maximum Gasteiger partial charge on any atom is 0.416 e. The van der Waals surface area contributed by atoms with Crippen molar-refractivity contribution in [2.45, 2.75) is 77.4 Å². The normalized spacial score (nSPS) is 22.9. The molecule has 0 radical (unpaired) electrons. The molecule has 0 spiro atoms. The predicted octanol–water partition coefficient (Wildman–Crippen LogP) is 7.13. The lowest BCUT2D eigenvalue weighted by atomic mass is 9.70. The van der Waals surface area contributed by atoms with Crippen molar-refractivity contribution < 1.29 is 18.0 Å². The number of likely N-dealkylation sites (tertiary alicyclic amines) is 2. The van der Waals surface area contributed by atoms with Gasteiger partial charge in [0.15, 0.2) is 0 Å². The number of halogens is 3. The van der Waals surface area contributed by atoms with Crippen molar-refractivity contribution in [3.8, 4) is 0 Å². The summed E-state index contributed by atoms with van der Waals surface area (Å²) in [5, 5.41) is 0. The van der Waals surface area contributed by atoms with E-state index in [9.17, 15) is 18.0 Å². The number of aromatic nitrogens is 2. The minimum atomic E-state index is -4.33. The highest BCUT2D eigenvalue weighted by molar-refractivity contribution is 5.96. The van der Waals surface area contributed by atoms with Gasteiger partial charge in [-0.25, -0.2) is 9.97 Å². The number of benzene rings is 1. The highest BCUT2D eigenvalue weighted by Crippen LogP contribution is 2.45. The molecule has 1 aromatic carbocycles. The van der Waals surface area contributed by atoms with Gasteiger partial charge in [0.05, 0.1) is 22.5 Å². The Morgan fingerprint density at radius 2 is 1.61 bits per heavy atom. The summed E-state index contributed by atoms with van der Waals surface area (Å²) in [7, 11) is 0. The Morgan fingerprint density at radius 1 is 1.00 bits per heavy atom. The van der Waals surface area contributed by atoms with Gasteiger partial charge in [-0.2, -0.15) is 13.2 Å². The van der Waals surface area contributed by atoms with Crippen LogP contribution in [0.3, 0.4) is 0 Å². The molecule has 2 atom stereocenters. The number of aryl methyl sites for hydroxylation is 2. The lowest BCUT2D eigenvalue weighted by molar-refractivity contribution is -0.137. The van der Waals surface area contributed by atoms with Gasteiger partial charge >= 0.3 is 6.18 Å². The van der Waals surface area contributed by atoms with Crippen LogP contribution in [0.15, 0.2) is 54.4 Å². The van der Waals surface area contributed by atoms with Crippen molar-refractivity contribution in [3.63, 3.8) is 0 Å². The molecule has 5 nitrogen and oxygen atoms in total. The second kappa shape index (κ2) is 11.7. The molecule has 5 rings (SSSR count). The Hall–Kier alpha value is -3.00. The third-order valence-corrected chi connectivity index (χ3v) is 9.78. The number of carbonyl (C=O) groups is 1. The number of rotatable bonds is 5. The van der Waals surface area contributed by atoms with E-state index < -0.39 is 11.7 Å². The van der Waals surface area contributed by atoms with E-state index in [-0.39, 0.29) is 17.4 Å². The van der Waals surface area contributed by atoms with Crippen molar-refractivity contribution in [2.24, 2.45) is 11.8 Å². The van der Waals surface area contributed by atoms with Crippen molar-refractivity contribution in [2.75, 3.05) is 26.2 Å². The second-order valence-corrected chi connectivity index (χ2v) is 12.4. The van der Waals surface area contributed by atoms with Crippen molar-refractivity contribution in [1.82, 2.24) is 19.8 Å². The number of nitrogens with zero attached hydrogens (tertiary/aromatic N) is 4. The van der Waals surface area contributed by atoms with Crippen LogP contribution in [-0.2, 0) is 6.18 Å². The maximum absolute atomic E-state index is 13.3. The first-order chi connectivity index (χ1) is 19.5. The Balaban J connectivity index is 1.27. The molecule has 41 heavy (non-hydrogen) atoms. The quantitative estimate of drug-likeness (QED) is 0.387. The molecule has 2 saturated heterocycles. The lowest BCUT2D eigenvalue weighted by Gasteiger charge is -2.50. The summed E-state index contributed by atoms with van der Waals surface area (Å²) in [6.45, 7) is 11.6. The summed E-state index contributed by atoms with van der Waals surface area (Å²) in [6, 6.07) is 5.87. The van der Waals surface area contributed by atoms with E-state index in [1.54, 1.807) is 12.1 Å². The van der Waals surface area contributed by atoms with E-state index in [1.807, 2.05) is 18.7 Å². The van der Waals surface area contributed by atoms with Gasteiger partial charge in [-0.3, -0.25) is 9.69 Å². The van der Waals surface area contributed by atoms with Crippen molar-refractivity contribution in [3.05, 3.63) is 82.5 Å². The molecule has 0 saturated carbocycles. The lowest BCUT2D eigenvalue weighted by Crippen LogP contribution is -2.56. The van der Waals surface area contributed by atoms with Crippen LogP contribution in [0.2, 0.25) is 0 Å². The first kappa shape index (κ1) is 29.5. The van der Waals surface area contributed by atoms with E-state index in [1.165, 1.54) is 24.0 Å². The van der Waals surface area contributed by atoms with Crippen LogP contribution in [0.25, 0.3) is 0 Å². The Bertz CT molecular complexity index is 1280. The zero-order chi connectivity index (χ0) is 29.4. The van der Waals surface area contributed by atoms with Crippen LogP contribution in [-0.4, -0.2) is 57.4 Å². The molecule has 8 heteroatoms. The zero-order valence-electron chi connectivity index (χ0n) is 24.5. The third kappa shape index (κ3) is 6.13. The highest BCUT2D eigenvalue weighted by Gasteiger charge is 2.41. The van der Waals surface area contributed by atoms with Crippen molar-refractivity contribution >= 4 is 5.91 Å². The number of amides is 1. The number of hydrogen-bond acceptors (Lipinski definition) is 4. The number of hydrogen-bond donors (Lipinski definition) is 0. The summed E-state index contributed by atoms with van der Waals surface area (Å²) in [4.78, 5) is 26.3. The van der Waals surface area contributed by atoms with Gasteiger partial charge in [0, 0.05) is 24.5 Å². The van der Waals surface area contributed by atoms with E-state index in [2.05, 4.69) is 46.9 Å². The van der Waals surface area contributed by atoms with Crippen LogP contribution in [0.5, 0.6) is 0 Å². The molecule has 1 aromatic heterocycles. The molecule has 2 aromatic rings. The molecule has 3 heterocycles. The Morgan fingerprint density at radius 3 is 2.17 bits per heavy atom. The van der Waals surface area contributed by atoms with Gasteiger partial charge < -0.3 is 4.90 Å². The van der Waals surface area contributed by atoms with Gasteiger partial charge in [0.1, 0.15) is 6.33 Å². The van der Waals surface area contributed by atoms with Gasteiger partial charge in [-0.1, -0.05) is 42.9 Å². The molecule has 2 aliphatic heterocycles. The van der Waals surface area contributed by atoms with Gasteiger partial charge in [-0.05, 0) is 95.5 Å². The topological polar surface area (TPSA) is 49.3 Å². The SMILES string of the molecule is Cc1ncnc(C)c1C(=O)N1CCC(C)(N2CCC(C(C3=CC=CCC3C)c3ccc(C(F)(F)F)cc3)CC2)CC1. The van der Waals surface area contributed by atoms with E-state index in [4.69, 9.17) is 0 Å². The summed E-state index contributed by atoms with van der Waals surface area (Å²) in [6.07, 6.45) is 8.41. The molecular formula is C33H41F3N4O. The van der Waals surface area contributed by atoms with Gasteiger partial charge in [0.25, 0.3) is 5.91 Å². The van der Waals surface area contributed by atoms with E-state index >= 15 is 0 Å². The number of alkyl halides is 3. The fraction of sp³-hybridized carbons (Fsp3) is 0.545. The van der Waals surface area contributed by atoms with E-state index in [0.29, 0.717) is 30.5 Å². The minimum Gasteiger partial charge on any atom is -0.338 e. The van der Waals surface area contributed by atoms with Gasteiger partial charge in [0.2, 0.25) is 0 Å². The molecule has 0 bridgehead atoms. The van der Waals surface area contributed by atoms with Crippen LogP contribution >= 0.6 is 0 Å². The number of piperidine rings is 2. The summed E-state index contributed by atoms with van der Waals surface area (Å²) in [5.74, 6) is 0.875. The fourth-order valence-corrected chi connectivity index (χ4v) is 7.13. The Labute approximate surface area is 241 Å². The zero-order valence-corrected chi connectivity index (χ0v) is 24.5. The average Bonchev–Trinajstić information content (AvgIpc) is 2.95. The van der Waals surface area contributed by atoms with Crippen LogP contribution in [0, 0.1) is 25.7 Å². The van der Waals surface area contributed by atoms with E-state index in [0.717, 1.165) is 62.1 Å². The predicted molar refractivity (Wildman–Crippen MR) is 155 cm³/mol. The van der Waals surface area contributed by atoms with Crippen LogP contribution < -0.4 is 0 Å². The Kier molecular flexibility index (Phi) is 8.42. The molecule has 1 amide bonds. The largest absolute Gasteiger partial charge is 0.416 e. The summed E-state index contributed by atoms with van der Waals surface area (Å²) >= 11 is 0. The molecule has 2 unspecified atom stereocenters. The maximum atomic E-state index is 13.3. The fourth-order valence-electron chi connectivity index (χ4n) is 7.13. The smallest absolute Gasteiger partial charge is 0.338 e. The van der Waals surface area contributed by atoms with Crippen LogP contribution in [0.1, 0.15) is 84.7 Å². The summed E-state index contributed by atoms with van der Waals surface area (Å²) in [5.41, 5.74) is 3.80. The number of carbonyl (C=O) groups excluding carboxylic acids is 1. The second-order valence-electron chi connectivity index (χ2n) is 12.4.